The SMILES string of the molecule is COc1cc(C=CC#N)cc(OC)c1-c1cccc2cnc(Nc3ccc(C#N)cc3)nc12. The molecule has 1 N–H and O–H groups in total. The summed E-state index contributed by atoms with van der Waals surface area (Å²) in [5, 5.41) is 21.9. The highest BCUT2D eigenvalue weighted by Gasteiger charge is 2.18. The first-order chi connectivity index (χ1) is 16.2. The fourth-order valence-electron chi connectivity index (χ4n) is 3.50. The number of anilines is 2. The number of nitrogens with zero attached hydrogens (tertiary/aromatic N) is 4. The van der Waals surface area contributed by atoms with Crippen molar-refractivity contribution in [3.8, 4) is 34.8 Å². The average Bonchev–Trinajstić information content (AvgIpc) is 2.87. The van der Waals surface area contributed by atoms with Gasteiger partial charge in [-0.05, 0) is 48.0 Å². The summed E-state index contributed by atoms with van der Waals surface area (Å²) in [6, 6.07) is 20.7. The van der Waals surface area contributed by atoms with Crippen LogP contribution in [0.15, 0.2) is 66.9 Å². The van der Waals surface area contributed by atoms with Crippen molar-refractivity contribution >= 4 is 28.6 Å². The fourth-order valence-corrected chi connectivity index (χ4v) is 3.50. The van der Waals surface area contributed by atoms with E-state index in [2.05, 4.69) is 16.4 Å². The Hall–Kier alpha value is -4.88. The van der Waals surface area contributed by atoms with Crippen molar-refractivity contribution in [2.45, 2.75) is 0 Å². The summed E-state index contributed by atoms with van der Waals surface area (Å²) in [5.74, 6) is 1.62. The Balaban J connectivity index is 1.84. The van der Waals surface area contributed by atoms with E-state index in [1.807, 2.05) is 36.4 Å². The van der Waals surface area contributed by atoms with Gasteiger partial charge in [-0.25, -0.2) is 9.97 Å². The molecule has 160 valence electrons. The molecule has 0 aliphatic rings. The van der Waals surface area contributed by atoms with Gasteiger partial charge in [-0.1, -0.05) is 18.2 Å². The van der Waals surface area contributed by atoms with Crippen molar-refractivity contribution in [2.75, 3.05) is 19.5 Å². The molecule has 1 aromatic heterocycles. The predicted molar refractivity (Wildman–Crippen MR) is 127 cm³/mol. The van der Waals surface area contributed by atoms with E-state index in [0.29, 0.717) is 23.0 Å². The van der Waals surface area contributed by atoms with Gasteiger partial charge in [-0.15, -0.1) is 0 Å². The number of benzene rings is 3. The van der Waals surface area contributed by atoms with Crippen molar-refractivity contribution in [1.82, 2.24) is 9.97 Å². The molecule has 4 rings (SSSR count). The second-order valence-corrected chi connectivity index (χ2v) is 7.01. The Labute approximate surface area is 191 Å². The maximum absolute atomic E-state index is 8.99. The van der Waals surface area contributed by atoms with Crippen LogP contribution >= 0.6 is 0 Å². The molecule has 0 atom stereocenters. The minimum Gasteiger partial charge on any atom is -0.496 e. The molecule has 0 fully saturated rings. The molecule has 7 heteroatoms. The van der Waals surface area contributed by atoms with Crippen LogP contribution in [0.2, 0.25) is 0 Å². The van der Waals surface area contributed by atoms with Crippen LogP contribution in [-0.2, 0) is 0 Å². The normalized spacial score (nSPS) is 10.5. The molecule has 33 heavy (non-hydrogen) atoms. The Morgan fingerprint density at radius 2 is 1.70 bits per heavy atom. The predicted octanol–water partition coefficient (Wildman–Crippen LogP) is 5.47. The maximum Gasteiger partial charge on any atom is 0.227 e. The Bertz CT molecular complexity index is 1410. The van der Waals surface area contributed by atoms with Crippen molar-refractivity contribution in [2.24, 2.45) is 0 Å². The van der Waals surface area contributed by atoms with Gasteiger partial charge in [0.2, 0.25) is 5.95 Å². The molecule has 0 saturated carbocycles. The zero-order valence-electron chi connectivity index (χ0n) is 18.0. The number of nitriles is 2. The van der Waals surface area contributed by atoms with E-state index >= 15 is 0 Å². The van der Waals surface area contributed by atoms with Crippen molar-refractivity contribution in [3.05, 3.63) is 78.0 Å². The molecule has 0 amide bonds. The lowest BCUT2D eigenvalue weighted by Crippen LogP contribution is -1.99. The number of methoxy groups -OCH3 is 2. The van der Waals surface area contributed by atoms with Gasteiger partial charge in [0.05, 0.1) is 43.0 Å². The first kappa shape index (κ1) is 21.4. The number of hydrogen-bond acceptors (Lipinski definition) is 7. The van der Waals surface area contributed by atoms with Crippen LogP contribution < -0.4 is 14.8 Å². The molecule has 0 spiro atoms. The number of rotatable bonds is 6. The highest BCUT2D eigenvalue weighted by atomic mass is 16.5. The Kier molecular flexibility index (Phi) is 6.15. The van der Waals surface area contributed by atoms with Gasteiger partial charge in [-0.3, -0.25) is 0 Å². The highest BCUT2D eigenvalue weighted by molar-refractivity contribution is 5.97. The maximum atomic E-state index is 8.99. The summed E-state index contributed by atoms with van der Waals surface area (Å²) in [4.78, 5) is 9.18. The lowest BCUT2D eigenvalue weighted by molar-refractivity contribution is 0.397. The van der Waals surface area contributed by atoms with Gasteiger partial charge in [-0.2, -0.15) is 10.5 Å². The third-order valence-corrected chi connectivity index (χ3v) is 5.03. The van der Waals surface area contributed by atoms with E-state index in [4.69, 9.17) is 25.0 Å². The number of hydrogen-bond donors (Lipinski definition) is 1. The molecule has 0 unspecified atom stereocenters. The monoisotopic (exact) mass is 433 g/mol. The minimum absolute atomic E-state index is 0.422. The van der Waals surface area contributed by atoms with E-state index in [9.17, 15) is 0 Å². The number of ether oxygens (including phenoxy) is 2. The second kappa shape index (κ2) is 9.51. The third kappa shape index (κ3) is 4.43. The van der Waals surface area contributed by atoms with E-state index in [0.717, 1.165) is 33.3 Å². The molecule has 3 aromatic carbocycles. The van der Waals surface area contributed by atoms with Crippen LogP contribution in [0.3, 0.4) is 0 Å². The average molecular weight is 433 g/mol. The molecular formula is C26H19N5O2. The largest absolute Gasteiger partial charge is 0.496 e. The zero-order valence-corrected chi connectivity index (χ0v) is 18.0. The molecule has 0 radical (unpaired) electrons. The second-order valence-electron chi connectivity index (χ2n) is 7.01. The number of nitrogens with one attached hydrogen (secondary N) is 1. The quantitative estimate of drug-likeness (QED) is 0.402. The van der Waals surface area contributed by atoms with Gasteiger partial charge >= 0.3 is 0 Å². The van der Waals surface area contributed by atoms with Crippen LogP contribution in [-0.4, -0.2) is 24.2 Å². The smallest absolute Gasteiger partial charge is 0.227 e. The van der Waals surface area contributed by atoms with Gasteiger partial charge < -0.3 is 14.8 Å². The molecule has 1 heterocycles. The van der Waals surface area contributed by atoms with E-state index in [-0.39, 0.29) is 0 Å². The summed E-state index contributed by atoms with van der Waals surface area (Å²) < 4.78 is 11.4. The molecule has 0 saturated heterocycles. The standard InChI is InChI=1S/C26H19N5O2/c1-32-22-13-18(5-4-12-27)14-23(33-2)24(22)21-7-3-6-19-16-29-26(31-25(19)21)30-20-10-8-17(15-28)9-11-20/h3-11,13-14,16H,1-2H3,(H,29,30,31). The van der Waals surface area contributed by atoms with Gasteiger partial charge in [0.15, 0.2) is 0 Å². The molecule has 0 aliphatic carbocycles. The number of aromatic nitrogens is 2. The van der Waals surface area contributed by atoms with Gasteiger partial charge in [0.1, 0.15) is 11.5 Å². The summed E-state index contributed by atoms with van der Waals surface area (Å²) in [6.45, 7) is 0. The Morgan fingerprint density at radius 3 is 2.33 bits per heavy atom. The Morgan fingerprint density at radius 1 is 0.970 bits per heavy atom. The lowest BCUT2D eigenvalue weighted by atomic mass is 9.98. The summed E-state index contributed by atoms with van der Waals surface area (Å²) in [6.07, 6.45) is 4.85. The molecule has 0 aliphatic heterocycles. The first-order valence-corrected chi connectivity index (χ1v) is 10.0. The van der Waals surface area contributed by atoms with Crippen molar-refractivity contribution in [3.63, 3.8) is 0 Å². The first-order valence-electron chi connectivity index (χ1n) is 10.0. The highest BCUT2D eigenvalue weighted by Crippen LogP contribution is 2.42. The van der Waals surface area contributed by atoms with Crippen LogP contribution in [0.25, 0.3) is 28.1 Å². The van der Waals surface area contributed by atoms with Crippen LogP contribution in [0.5, 0.6) is 11.5 Å². The molecule has 0 bridgehead atoms. The van der Waals surface area contributed by atoms with Crippen molar-refractivity contribution in [1.29, 1.82) is 10.5 Å². The van der Waals surface area contributed by atoms with Gasteiger partial charge in [0, 0.05) is 28.9 Å². The van der Waals surface area contributed by atoms with Crippen LogP contribution in [0.4, 0.5) is 11.6 Å². The zero-order chi connectivity index (χ0) is 23.2. The number of fused-ring (bicyclic) bond motifs is 1. The summed E-state index contributed by atoms with van der Waals surface area (Å²) in [7, 11) is 3.18. The number of allylic oxidation sites excluding steroid dienone is 1. The van der Waals surface area contributed by atoms with E-state index < -0.39 is 0 Å². The van der Waals surface area contributed by atoms with Crippen LogP contribution in [0.1, 0.15) is 11.1 Å². The summed E-state index contributed by atoms with van der Waals surface area (Å²) in [5.41, 5.74) is 4.43. The molecule has 4 aromatic rings. The lowest BCUT2D eigenvalue weighted by Gasteiger charge is -2.16. The molecular weight excluding hydrogens is 414 g/mol. The summed E-state index contributed by atoms with van der Waals surface area (Å²) >= 11 is 0. The third-order valence-electron chi connectivity index (χ3n) is 5.03. The van der Waals surface area contributed by atoms with E-state index in [1.165, 1.54) is 6.08 Å². The van der Waals surface area contributed by atoms with E-state index in [1.54, 1.807) is 50.8 Å². The minimum atomic E-state index is 0.422. The topological polar surface area (TPSA) is 104 Å². The molecule has 7 nitrogen and oxygen atoms in total. The van der Waals surface area contributed by atoms with Crippen LogP contribution in [0, 0.1) is 22.7 Å². The van der Waals surface area contributed by atoms with Crippen molar-refractivity contribution < 1.29 is 9.47 Å². The number of para-hydroxylation sites is 1. The fraction of sp³-hybridized carbons (Fsp3) is 0.0769. The van der Waals surface area contributed by atoms with Gasteiger partial charge in [0.25, 0.3) is 0 Å².